The van der Waals surface area contributed by atoms with Crippen LogP contribution in [-0.4, -0.2) is 13.3 Å². The number of rotatable bonds is 0. The molecule has 0 bridgehead atoms. The molecule has 0 saturated heterocycles. The van der Waals surface area contributed by atoms with Gasteiger partial charge in [0.2, 0.25) is 0 Å². The van der Waals surface area contributed by atoms with Gasteiger partial charge in [0.15, 0.2) is 0 Å². The summed E-state index contributed by atoms with van der Waals surface area (Å²) in [4.78, 5) is 0. The predicted molar refractivity (Wildman–Crippen MR) is 33.1 cm³/mol. The normalized spacial score (nSPS) is 6.36. The molecule has 0 aromatic rings. The van der Waals surface area contributed by atoms with Gasteiger partial charge in [0.05, 0.1) is 24.4 Å². The van der Waals surface area contributed by atoms with Gasteiger partial charge in [0.25, 0.3) is 0 Å². The van der Waals surface area contributed by atoms with Crippen molar-refractivity contribution in [3.63, 3.8) is 0 Å². The van der Waals surface area contributed by atoms with E-state index in [0.29, 0.717) is 0 Å². The van der Waals surface area contributed by atoms with E-state index in [1.807, 2.05) is 0 Å². The van der Waals surface area contributed by atoms with Gasteiger partial charge < -0.3 is 12.3 Å². The zero-order valence-electron chi connectivity index (χ0n) is 6.18. The molecule has 0 aromatic carbocycles. The first kappa shape index (κ1) is 22.5. The van der Waals surface area contributed by atoms with Gasteiger partial charge >= 0.3 is 0 Å². The molecule has 0 amide bonds. The Bertz CT molecular complexity index is 89.3. The van der Waals surface area contributed by atoms with Gasteiger partial charge in [-0.05, 0) is 13.8 Å². The average Bonchev–Trinajstić information content (AvgIpc) is 1.65. The third kappa shape index (κ3) is 4040. The second-order valence-electron chi connectivity index (χ2n) is 0.729. The van der Waals surface area contributed by atoms with Gasteiger partial charge in [-0.1, -0.05) is 0 Å². The fraction of sp³-hybridized carbons (Fsp3) is 1.00. The molecule has 72 valence electrons. The molecule has 7 heteroatoms. The molecule has 0 heterocycles. The van der Waals surface area contributed by atoms with Crippen LogP contribution in [0.4, 0.5) is 12.7 Å². The Morgan fingerprint density at radius 1 is 1.09 bits per heavy atom. The Morgan fingerprint density at radius 2 is 1.09 bits per heavy atom. The Morgan fingerprint density at radius 3 is 1.09 bits per heavy atom. The summed E-state index contributed by atoms with van der Waals surface area (Å²) in [6.07, 6.45) is 0. The second-order valence-corrected chi connectivity index (χ2v) is 1.12. The van der Waals surface area contributed by atoms with Crippen molar-refractivity contribution in [1.29, 1.82) is 0 Å². The van der Waals surface area contributed by atoms with Crippen LogP contribution in [0.15, 0.2) is 0 Å². The quantitative estimate of drug-likeness (QED) is 0.488. The van der Waals surface area contributed by atoms with Crippen molar-refractivity contribution < 1.29 is 42.1 Å². The summed E-state index contributed by atoms with van der Waals surface area (Å²) in [5.74, 6) is 0. The summed E-state index contributed by atoms with van der Waals surface area (Å²) in [7, 11) is 0. The number of hydrogen-bond donors (Lipinski definition) is 0. The van der Waals surface area contributed by atoms with E-state index in [0.717, 1.165) is 0 Å². The molecule has 11 heavy (non-hydrogen) atoms. The van der Waals surface area contributed by atoms with Crippen LogP contribution in [0.25, 0.3) is 0 Å². The topological polar surface area (TPSA) is 34.1 Å². The zero-order chi connectivity index (χ0) is 8.99. The summed E-state index contributed by atoms with van der Waals surface area (Å²) in [6.45, 7) is 2.42. The van der Waals surface area contributed by atoms with E-state index in [-0.39, 0.29) is 34.4 Å². The molecule has 0 unspecified atom stereocenters. The summed E-state index contributed by atoms with van der Waals surface area (Å²) >= 11 is -3.36. The van der Waals surface area contributed by atoms with Crippen LogP contribution in [0.1, 0.15) is 13.8 Å². The molecule has 0 fully saturated rings. The van der Waals surface area contributed by atoms with Gasteiger partial charge in [0, 0.05) is 21.1 Å². The van der Waals surface area contributed by atoms with E-state index < -0.39 is 11.1 Å². The first-order valence-corrected chi connectivity index (χ1v) is 3.41. The molecule has 0 rings (SSSR count). The SMILES string of the molecule is CCF.CCF.O=[S-](=O)F.[W]. The standard InChI is InChI=1S/2C2H5F.FO2S.W/c2*1-2-3;1-4(2)3;/h2*2H2,1H3;;/q;;-1;. The molecular formula is C4H10F3O2SW-. The van der Waals surface area contributed by atoms with Crippen LogP contribution in [0.2, 0.25) is 0 Å². The van der Waals surface area contributed by atoms with Gasteiger partial charge in [-0.3, -0.25) is 8.78 Å². The Kier molecular flexibility index (Phi) is 64.4. The summed E-state index contributed by atoms with van der Waals surface area (Å²) in [6, 6.07) is 0. The third-order valence-corrected chi connectivity index (χ3v) is 0. The summed E-state index contributed by atoms with van der Waals surface area (Å²) in [5, 5.41) is 0. The molecule has 0 radical (unpaired) electrons. The van der Waals surface area contributed by atoms with Gasteiger partial charge in [-0.2, -0.15) is 0 Å². The number of hydrogen-bond acceptors (Lipinski definition) is 3. The monoisotopic (exact) mass is 363 g/mol. The van der Waals surface area contributed by atoms with Crippen LogP contribution in [0.5, 0.6) is 0 Å². The predicted octanol–water partition coefficient (Wildman–Crippen LogP) is 2.13. The molecule has 0 atom stereocenters. The fourth-order valence-corrected chi connectivity index (χ4v) is 0. The van der Waals surface area contributed by atoms with Crippen molar-refractivity contribution in [2.24, 2.45) is 0 Å². The maximum atomic E-state index is 10.3. The van der Waals surface area contributed by atoms with Crippen molar-refractivity contribution >= 4 is 11.1 Å². The first-order chi connectivity index (χ1) is 4.56. The number of halogens is 3. The van der Waals surface area contributed by atoms with E-state index in [4.69, 9.17) is 8.42 Å². The van der Waals surface area contributed by atoms with Gasteiger partial charge in [-0.15, -0.1) is 0 Å². The molecule has 0 aliphatic rings. The van der Waals surface area contributed by atoms with Crippen LogP contribution in [0, 0.1) is 0 Å². The zero-order valence-corrected chi connectivity index (χ0v) is 9.93. The van der Waals surface area contributed by atoms with Crippen molar-refractivity contribution in [1.82, 2.24) is 0 Å². The minimum absolute atomic E-state index is 0. The fourth-order valence-electron chi connectivity index (χ4n) is 0. The smallest absolute Gasteiger partial charge is 0.0872 e. The Balaban J connectivity index is -0.0000000325. The second kappa shape index (κ2) is 31.5. The van der Waals surface area contributed by atoms with Gasteiger partial charge in [-0.25, -0.2) is 0 Å². The van der Waals surface area contributed by atoms with E-state index in [1.54, 1.807) is 0 Å². The van der Waals surface area contributed by atoms with Crippen molar-refractivity contribution in [2.45, 2.75) is 13.8 Å². The van der Waals surface area contributed by atoms with Crippen molar-refractivity contribution in [2.75, 3.05) is 13.3 Å². The van der Waals surface area contributed by atoms with E-state index in [1.165, 1.54) is 13.8 Å². The molecule has 0 saturated carbocycles. The third-order valence-electron chi connectivity index (χ3n) is 0. The maximum Gasteiger partial charge on any atom is 0.0872 e. The Hall–Kier alpha value is 0.428. The molecule has 0 aromatic heterocycles. The largest absolute Gasteiger partial charge is 0.392 e. The van der Waals surface area contributed by atoms with E-state index in [9.17, 15) is 12.7 Å². The van der Waals surface area contributed by atoms with Crippen molar-refractivity contribution in [3.05, 3.63) is 0 Å². The van der Waals surface area contributed by atoms with Crippen LogP contribution >= 0.6 is 0 Å². The van der Waals surface area contributed by atoms with Crippen LogP contribution in [-0.2, 0) is 40.6 Å². The molecule has 0 aliphatic carbocycles. The van der Waals surface area contributed by atoms with E-state index in [2.05, 4.69) is 0 Å². The first-order valence-electron chi connectivity index (χ1n) is 2.44. The van der Waals surface area contributed by atoms with Crippen LogP contribution in [0.3, 0.4) is 0 Å². The minimum Gasteiger partial charge on any atom is -0.392 e. The molecular weight excluding hydrogens is 353 g/mol. The maximum absolute atomic E-state index is 10.3. The summed E-state index contributed by atoms with van der Waals surface area (Å²) < 4.78 is 47.2. The van der Waals surface area contributed by atoms with E-state index >= 15 is 0 Å². The average molecular weight is 363 g/mol. The molecule has 0 spiro atoms. The van der Waals surface area contributed by atoms with Crippen LogP contribution < -0.4 is 0 Å². The number of alkyl halides is 2. The molecule has 0 aliphatic heterocycles. The summed E-state index contributed by atoms with van der Waals surface area (Å²) in [5.41, 5.74) is 0. The van der Waals surface area contributed by atoms with Gasteiger partial charge in [0.1, 0.15) is 0 Å². The molecule has 0 N–H and O–H groups in total. The van der Waals surface area contributed by atoms with Crippen molar-refractivity contribution in [3.8, 4) is 0 Å². The minimum atomic E-state index is -3.36. The molecule has 2 nitrogen and oxygen atoms in total. The Labute approximate surface area is 80.7 Å².